The number of nitrogens with one attached hydrogen (secondary N) is 1. The summed E-state index contributed by atoms with van der Waals surface area (Å²) in [5.74, 6) is -0.0206. The molecular formula is C8H14N2O2. The van der Waals surface area contributed by atoms with Crippen LogP contribution in [0.3, 0.4) is 0 Å². The zero-order valence-corrected chi connectivity index (χ0v) is 6.99. The Balaban J connectivity index is 2.09. The molecule has 1 amide bonds. The van der Waals surface area contributed by atoms with Crippen LogP contribution in [-0.2, 0) is 4.79 Å². The molecule has 0 fully saturated rings. The van der Waals surface area contributed by atoms with Crippen molar-refractivity contribution in [1.29, 1.82) is 0 Å². The van der Waals surface area contributed by atoms with Crippen LogP contribution >= 0.6 is 0 Å². The maximum absolute atomic E-state index is 11.1. The molecule has 0 bridgehead atoms. The van der Waals surface area contributed by atoms with Gasteiger partial charge in [-0.2, -0.15) is 0 Å². The summed E-state index contributed by atoms with van der Waals surface area (Å²) >= 11 is 0. The lowest BCUT2D eigenvalue weighted by Gasteiger charge is -2.13. The lowest BCUT2D eigenvalue weighted by atomic mass is 10.5. The van der Waals surface area contributed by atoms with E-state index in [2.05, 4.69) is 5.32 Å². The van der Waals surface area contributed by atoms with Crippen molar-refractivity contribution in [1.82, 2.24) is 10.2 Å². The van der Waals surface area contributed by atoms with Gasteiger partial charge in [-0.25, -0.2) is 0 Å². The third-order valence-corrected chi connectivity index (χ3v) is 1.70. The molecule has 12 heavy (non-hydrogen) atoms. The summed E-state index contributed by atoms with van der Waals surface area (Å²) < 4.78 is 0. The van der Waals surface area contributed by atoms with E-state index < -0.39 is 0 Å². The van der Waals surface area contributed by atoms with Crippen LogP contribution < -0.4 is 5.32 Å². The number of rotatable bonds is 4. The van der Waals surface area contributed by atoms with E-state index in [4.69, 9.17) is 5.11 Å². The number of hydrogen-bond acceptors (Lipinski definition) is 3. The van der Waals surface area contributed by atoms with E-state index in [-0.39, 0.29) is 12.5 Å². The highest BCUT2D eigenvalue weighted by Gasteiger charge is 2.09. The summed E-state index contributed by atoms with van der Waals surface area (Å²) in [7, 11) is 0. The predicted octanol–water partition coefficient (Wildman–Crippen LogP) is -1.03. The summed E-state index contributed by atoms with van der Waals surface area (Å²) in [6, 6.07) is 0. The van der Waals surface area contributed by atoms with Gasteiger partial charge in [0.15, 0.2) is 0 Å². The highest BCUT2D eigenvalue weighted by molar-refractivity contribution is 5.78. The average Bonchev–Trinajstić information content (AvgIpc) is 2.53. The quantitative estimate of drug-likeness (QED) is 0.530. The maximum Gasteiger partial charge on any atom is 0.234 e. The van der Waals surface area contributed by atoms with Crippen molar-refractivity contribution in [3.05, 3.63) is 12.2 Å². The van der Waals surface area contributed by atoms with Crippen LogP contribution in [0.15, 0.2) is 12.2 Å². The molecule has 0 atom stereocenters. The first-order valence-electron chi connectivity index (χ1n) is 4.08. The van der Waals surface area contributed by atoms with Crippen molar-refractivity contribution < 1.29 is 9.90 Å². The fourth-order valence-electron chi connectivity index (χ4n) is 1.11. The normalized spacial score (nSPS) is 16.8. The van der Waals surface area contributed by atoms with Crippen molar-refractivity contribution in [2.75, 3.05) is 32.8 Å². The van der Waals surface area contributed by atoms with Gasteiger partial charge in [0.1, 0.15) is 0 Å². The molecular weight excluding hydrogens is 156 g/mol. The summed E-state index contributed by atoms with van der Waals surface area (Å²) in [6.45, 7) is 2.48. The molecule has 1 aliphatic rings. The van der Waals surface area contributed by atoms with Crippen molar-refractivity contribution in [2.24, 2.45) is 0 Å². The summed E-state index contributed by atoms with van der Waals surface area (Å²) in [4.78, 5) is 13.1. The number of hydrogen-bond donors (Lipinski definition) is 2. The van der Waals surface area contributed by atoms with Crippen molar-refractivity contribution in [2.45, 2.75) is 0 Å². The first-order chi connectivity index (χ1) is 5.83. The van der Waals surface area contributed by atoms with Crippen molar-refractivity contribution >= 4 is 5.91 Å². The molecule has 0 aliphatic carbocycles. The molecule has 0 spiro atoms. The number of nitrogens with zero attached hydrogens (tertiary/aromatic N) is 1. The molecule has 68 valence electrons. The van der Waals surface area contributed by atoms with Gasteiger partial charge in [0, 0.05) is 19.6 Å². The second kappa shape index (κ2) is 4.90. The Labute approximate surface area is 71.9 Å². The van der Waals surface area contributed by atoms with E-state index in [1.54, 1.807) is 0 Å². The molecule has 0 radical (unpaired) electrons. The maximum atomic E-state index is 11.1. The van der Waals surface area contributed by atoms with Gasteiger partial charge in [-0.15, -0.1) is 0 Å². The van der Waals surface area contributed by atoms with Crippen LogP contribution in [-0.4, -0.2) is 48.7 Å². The van der Waals surface area contributed by atoms with Crippen LogP contribution in [0.1, 0.15) is 0 Å². The Kier molecular flexibility index (Phi) is 3.76. The van der Waals surface area contributed by atoms with Gasteiger partial charge in [-0.1, -0.05) is 12.2 Å². The van der Waals surface area contributed by atoms with E-state index in [1.807, 2.05) is 17.1 Å². The van der Waals surface area contributed by atoms with Gasteiger partial charge in [0.25, 0.3) is 0 Å². The van der Waals surface area contributed by atoms with Gasteiger partial charge in [0.2, 0.25) is 5.91 Å². The Bertz CT molecular complexity index is 172. The minimum Gasteiger partial charge on any atom is -0.395 e. The smallest absolute Gasteiger partial charge is 0.234 e. The van der Waals surface area contributed by atoms with E-state index >= 15 is 0 Å². The molecule has 0 saturated carbocycles. The molecule has 0 saturated heterocycles. The SMILES string of the molecule is O=C(CN1CC=CC1)NCCO. The number of amides is 1. The topological polar surface area (TPSA) is 52.6 Å². The first-order valence-corrected chi connectivity index (χ1v) is 4.08. The molecule has 4 heteroatoms. The van der Waals surface area contributed by atoms with Crippen LogP contribution in [0.4, 0.5) is 0 Å². The highest BCUT2D eigenvalue weighted by Crippen LogP contribution is 1.96. The molecule has 0 aromatic rings. The minimum absolute atomic E-state index is 0.00396. The van der Waals surface area contributed by atoms with Crippen LogP contribution in [0.2, 0.25) is 0 Å². The third-order valence-electron chi connectivity index (χ3n) is 1.70. The lowest BCUT2D eigenvalue weighted by molar-refractivity contribution is -0.122. The standard InChI is InChI=1S/C8H14N2O2/c11-6-3-9-8(12)7-10-4-1-2-5-10/h1-2,11H,3-7H2,(H,9,12). The Morgan fingerprint density at radius 3 is 2.75 bits per heavy atom. The average molecular weight is 170 g/mol. The van der Waals surface area contributed by atoms with Gasteiger partial charge in [-0.3, -0.25) is 9.69 Å². The molecule has 0 unspecified atom stereocenters. The van der Waals surface area contributed by atoms with Gasteiger partial charge in [-0.05, 0) is 0 Å². The Hall–Kier alpha value is -0.870. The molecule has 1 aliphatic heterocycles. The molecule has 0 aromatic carbocycles. The number of carbonyl (C=O) groups excluding carboxylic acids is 1. The van der Waals surface area contributed by atoms with Gasteiger partial charge in [0.05, 0.1) is 13.2 Å². The third kappa shape index (κ3) is 3.02. The highest BCUT2D eigenvalue weighted by atomic mass is 16.3. The van der Waals surface area contributed by atoms with E-state index in [9.17, 15) is 4.79 Å². The largest absolute Gasteiger partial charge is 0.395 e. The fourth-order valence-corrected chi connectivity index (χ4v) is 1.11. The van der Waals surface area contributed by atoms with Crippen LogP contribution in [0.25, 0.3) is 0 Å². The van der Waals surface area contributed by atoms with Crippen molar-refractivity contribution in [3.8, 4) is 0 Å². The lowest BCUT2D eigenvalue weighted by Crippen LogP contribution is -2.37. The number of aliphatic hydroxyl groups excluding tert-OH is 1. The molecule has 1 rings (SSSR count). The molecule has 0 aromatic heterocycles. The zero-order chi connectivity index (χ0) is 8.81. The van der Waals surface area contributed by atoms with E-state index in [0.717, 1.165) is 13.1 Å². The Morgan fingerprint density at radius 1 is 1.50 bits per heavy atom. The Morgan fingerprint density at radius 2 is 2.17 bits per heavy atom. The molecule has 2 N–H and O–H groups in total. The first kappa shape index (κ1) is 9.22. The summed E-state index contributed by atoms with van der Waals surface area (Å²) in [6.07, 6.45) is 4.08. The van der Waals surface area contributed by atoms with Crippen LogP contribution in [0, 0.1) is 0 Å². The van der Waals surface area contributed by atoms with E-state index in [1.165, 1.54) is 0 Å². The van der Waals surface area contributed by atoms with Crippen LogP contribution in [0.5, 0.6) is 0 Å². The minimum atomic E-state index is -0.0206. The summed E-state index contributed by atoms with van der Waals surface area (Å²) in [5.41, 5.74) is 0. The second-order valence-corrected chi connectivity index (χ2v) is 2.74. The van der Waals surface area contributed by atoms with E-state index in [0.29, 0.717) is 13.1 Å². The van der Waals surface area contributed by atoms with Gasteiger partial charge < -0.3 is 10.4 Å². The van der Waals surface area contributed by atoms with Gasteiger partial charge >= 0.3 is 0 Å². The zero-order valence-electron chi connectivity index (χ0n) is 6.99. The second-order valence-electron chi connectivity index (χ2n) is 2.74. The predicted molar refractivity (Wildman–Crippen MR) is 45.7 cm³/mol. The molecule has 1 heterocycles. The summed E-state index contributed by atoms with van der Waals surface area (Å²) in [5, 5.41) is 11.0. The van der Waals surface area contributed by atoms with Crippen molar-refractivity contribution in [3.63, 3.8) is 0 Å². The fraction of sp³-hybridized carbons (Fsp3) is 0.625. The number of carbonyl (C=O) groups is 1. The number of aliphatic hydroxyl groups is 1. The molecule has 4 nitrogen and oxygen atoms in total. The monoisotopic (exact) mass is 170 g/mol.